The molecule has 1 aromatic rings. The Balaban J connectivity index is 1.68. The molecule has 1 atom stereocenters. The summed E-state index contributed by atoms with van der Waals surface area (Å²) >= 11 is 1.75. The van der Waals surface area contributed by atoms with E-state index in [0.29, 0.717) is 11.8 Å². The van der Waals surface area contributed by atoms with Crippen LogP contribution < -0.4 is 0 Å². The maximum absolute atomic E-state index is 12.6. The van der Waals surface area contributed by atoms with Crippen LogP contribution in [-0.4, -0.2) is 35.5 Å². The molecule has 0 aromatic carbocycles. The summed E-state index contributed by atoms with van der Waals surface area (Å²) < 4.78 is 5.32. The van der Waals surface area contributed by atoms with Gasteiger partial charge in [0, 0.05) is 24.4 Å². The number of piperidine rings is 1. The van der Waals surface area contributed by atoms with E-state index in [2.05, 4.69) is 19.2 Å². The highest BCUT2D eigenvalue weighted by Gasteiger charge is 2.28. The van der Waals surface area contributed by atoms with Crippen molar-refractivity contribution in [2.24, 2.45) is 0 Å². The highest BCUT2D eigenvalue weighted by atomic mass is 32.1. The van der Waals surface area contributed by atoms with Gasteiger partial charge in [0.1, 0.15) is 0 Å². The van der Waals surface area contributed by atoms with Gasteiger partial charge in [-0.05, 0) is 31.6 Å². The van der Waals surface area contributed by atoms with Gasteiger partial charge in [0.25, 0.3) is 5.91 Å². The lowest BCUT2D eigenvalue weighted by atomic mass is 9.97. The van der Waals surface area contributed by atoms with Gasteiger partial charge in [-0.15, -0.1) is 11.3 Å². The van der Waals surface area contributed by atoms with E-state index in [1.165, 1.54) is 10.7 Å². The zero-order valence-electron chi connectivity index (χ0n) is 13.4. The molecule has 0 spiro atoms. The predicted octanol–water partition coefficient (Wildman–Crippen LogP) is 3.67. The monoisotopic (exact) mass is 320 g/mol. The van der Waals surface area contributed by atoms with Gasteiger partial charge in [-0.25, -0.2) is 4.98 Å². The molecule has 0 radical (unpaired) electrons. The molecule has 1 fully saturated rings. The molecule has 0 aliphatic carbocycles. The zero-order chi connectivity index (χ0) is 15.5. The summed E-state index contributed by atoms with van der Waals surface area (Å²) in [7, 11) is 0. The number of carbonyl (C=O) groups is 1. The zero-order valence-corrected chi connectivity index (χ0v) is 14.2. The lowest BCUT2D eigenvalue weighted by Gasteiger charge is -2.32. The molecule has 0 N–H and O–H groups in total. The van der Waals surface area contributed by atoms with E-state index in [4.69, 9.17) is 9.72 Å². The smallest absolute Gasteiger partial charge is 0.252 e. The normalized spacial score (nSPS) is 22.4. The van der Waals surface area contributed by atoms with Gasteiger partial charge in [0.05, 0.1) is 29.1 Å². The summed E-state index contributed by atoms with van der Waals surface area (Å²) in [6, 6.07) is 0. The van der Waals surface area contributed by atoms with Crippen molar-refractivity contribution in [3.8, 4) is 0 Å². The molecule has 3 heterocycles. The number of carbonyl (C=O) groups excluding carboxylic acids is 1. The average Bonchev–Trinajstić information content (AvgIpc) is 3.05. The first kappa shape index (κ1) is 15.5. The second kappa shape index (κ2) is 6.82. The molecule has 5 heteroatoms. The molecule has 120 valence electrons. The highest BCUT2D eigenvalue weighted by Crippen LogP contribution is 2.31. The summed E-state index contributed by atoms with van der Waals surface area (Å²) in [6.07, 6.45) is 5.63. The number of likely N-dealkylation sites (tertiary alicyclic amines) is 1. The van der Waals surface area contributed by atoms with Crippen molar-refractivity contribution >= 4 is 17.2 Å². The minimum atomic E-state index is 0.157. The molecule has 22 heavy (non-hydrogen) atoms. The number of nitrogens with zero attached hydrogens (tertiary/aromatic N) is 2. The Bertz CT molecular complexity index is 565. The van der Waals surface area contributed by atoms with Crippen LogP contribution in [0, 0.1) is 0 Å². The van der Waals surface area contributed by atoms with Crippen molar-refractivity contribution in [3.63, 3.8) is 0 Å². The third kappa shape index (κ3) is 3.35. The molecule has 1 saturated heterocycles. The summed E-state index contributed by atoms with van der Waals surface area (Å²) in [5, 5.41) is 3.35. The second-order valence-electron chi connectivity index (χ2n) is 6.47. The van der Waals surface area contributed by atoms with Crippen LogP contribution in [0.2, 0.25) is 0 Å². The van der Waals surface area contributed by atoms with Gasteiger partial charge in [0.15, 0.2) is 0 Å². The van der Waals surface area contributed by atoms with Crippen molar-refractivity contribution in [3.05, 3.63) is 27.9 Å². The molecule has 1 aromatic heterocycles. The number of hydrogen-bond donors (Lipinski definition) is 0. The van der Waals surface area contributed by atoms with Crippen LogP contribution in [0.5, 0.6) is 0 Å². The van der Waals surface area contributed by atoms with Crippen LogP contribution in [0.3, 0.4) is 0 Å². The minimum absolute atomic E-state index is 0.157. The van der Waals surface area contributed by atoms with Gasteiger partial charge in [-0.1, -0.05) is 13.8 Å². The van der Waals surface area contributed by atoms with Crippen molar-refractivity contribution in [1.82, 2.24) is 9.88 Å². The standard InChI is InChI=1S/C17H24N2O2S/c1-12(2)15-11-22-16(18-15)13-5-3-7-19(9-13)17(20)14-6-4-8-21-10-14/h10-13H,3-9H2,1-2H3. The Kier molecular flexibility index (Phi) is 4.81. The predicted molar refractivity (Wildman–Crippen MR) is 88.0 cm³/mol. The fourth-order valence-corrected chi connectivity index (χ4v) is 4.15. The number of aromatic nitrogens is 1. The first-order chi connectivity index (χ1) is 10.6. The quantitative estimate of drug-likeness (QED) is 0.853. The van der Waals surface area contributed by atoms with Crippen molar-refractivity contribution in [1.29, 1.82) is 0 Å². The molecule has 1 unspecified atom stereocenters. The molecular formula is C17H24N2O2S. The van der Waals surface area contributed by atoms with Crippen LogP contribution in [0.15, 0.2) is 17.2 Å². The largest absolute Gasteiger partial charge is 0.501 e. The Morgan fingerprint density at radius 3 is 3.00 bits per heavy atom. The molecule has 0 saturated carbocycles. The van der Waals surface area contributed by atoms with E-state index in [0.717, 1.165) is 51.0 Å². The number of amides is 1. The fourth-order valence-electron chi connectivity index (χ4n) is 3.04. The maximum atomic E-state index is 12.6. The van der Waals surface area contributed by atoms with Crippen molar-refractivity contribution in [2.45, 2.75) is 51.4 Å². The molecule has 0 bridgehead atoms. The number of hydrogen-bond acceptors (Lipinski definition) is 4. The number of thiazole rings is 1. The lowest BCUT2D eigenvalue weighted by Crippen LogP contribution is -2.40. The molecule has 3 rings (SSSR count). The topological polar surface area (TPSA) is 42.4 Å². The minimum Gasteiger partial charge on any atom is -0.501 e. The van der Waals surface area contributed by atoms with Crippen LogP contribution in [-0.2, 0) is 9.53 Å². The van der Waals surface area contributed by atoms with Gasteiger partial charge in [-0.3, -0.25) is 4.79 Å². The Hall–Kier alpha value is -1.36. The fraction of sp³-hybridized carbons (Fsp3) is 0.647. The first-order valence-corrected chi connectivity index (χ1v) is 9.08. The molecular weight excluding hydrogens is 296 g/mol. The summed E-state index contributed by atoms with van der Waals surface area (Å²) in [6.45, 7) is 6.73. The van der Waals surface area contributed by atoms with E-state index in [-0.39, 0.29) is 5.91 Å². The van der Waals surface area contributed by atoms with Gasteiger partial charge in [0.2, 0.25) is 0 Å². The number of rotatable bonds is 3. The van der Waals surface area contributed by atoms with Crippen molar-refractivity contribution in [2.75, 3.05) is 19.7 Å². The van der Waals surface area contributed by atoms with Crippen LogP contribution in [0.25, 0.3) is 0 Å². The van der Waals surface area contributed by atoms with Gasteiger partial charge in [-0.2, -0.15) is 0 Å². The van der Waals surface area contributed by atoms with E-state index in [1.54, 1.807) is 17.6 Å². The second-order valence-corrected chi connectivity index (χ2v) is 7.36. The van der Waals surface area contributed by atoms with E-state index in [9.17, 15) is 4.79 Å². The van der Waals surface area contributed by atoms with E-state index >= 15 is 0 Å². The maximum Gasteiger partial charge on any atom is 0.252 e. The Labute approximate surface area is 136 Å². The highest BCUT2D eigenvalue weighted by molar-refractivity contribution is 7.09. The third-order valence-corrected chi connectivity index (χ3v) is 5.42. The van der Waals surface area contributed by atoms with E-state index < -0.39 is 0 Å². The van der Waals surface area contributed by atoms with Crippen molar-refractivity contribution < 1.29 is 9.53 Å². The van der Waals surface area contributed by atoms with E-state index in [1.807, 2.05) is 4.90 Å². The Morgan fingerprint density at radius 1 is 1.45 bits per heavy atom. The lowest BCUT2D eigenvalue weighted by molar-refractivity contribution is -0.128. The summed E-state index contributed by atoms with van der Waals surface area (Å²) in [5.74, 6) is 1.02. The van der Waals surface area contributed by atoms with Gasteiger partial charge >= 0.3 is 0 Å². The van der Waals surface area contributed by atoms with Gasteiger partial charge < -0.3 is 9.64 Å². The summed E-state index contributed by atoms with van der Waals surface area (Å²) in [5.41, 5.74) is 2.00. The Morgan fingerprint density at radius 2 is 2.32 bits per heavy atom. The first-order valence-electron chi connectivity index (χ1n) is 8.20. The average molecular weight is 320 g/mol. The summed E-state index contributed by atoms with van der Waals surface area (Å²) in [4.78, 5) is 19.4. The molecule has 4 nitrogen and oxygen atoms in total. The molecule has 1 amide bonds. The SMILES string of the molecule is CC(C)c1csc(C2CCCN(C(=O)C3=COCCC3)C2)n1. The molecule has 2 aliphatic rings. The number of ether oxygens (including phenoxy) is 1. The van der Waals surface area contributed by atoms with Crippen LogP contribution in [0.4, 0.5) is 0 Å². The third-order valence-electron chi connectivity index (χ3n) is 4.40. The van der Waals surface area contributed by atoms with Crippen LogP contribution >= 0.6 is 11.3 Å². The molecule has 2 aliphatic heterocycles. The van der Waals surface area contributed by atoms with Crippen LogP contribution in [0.1, 0.15) is 62.1 Å².